The standard InChI is InChI=1S/C22H32O7/c1-10-12-7-13(29-11(2)23)16-21-6-4-5-20(3,9-28-19(21)27)14(21)8-15(24)22(16,17(10)25)18(12)26/h10,12-16,18-19,24,26-27H,4-9H2,1-3H3/t10-,12+,13+,14-,15-,16+,18-,19-,20+,21+,22+/m1/s1. The fourth-order valence-electron chi connectivity index (χ4n) is 8.57. The van der Waals surface area contributed by atoms with E-state index >= 15 is 0 Å². The molecule has 5 aliphatic rings. The molecule has 4 aliphatic carbocycles. The third-order valence-corrected chi connectivity index (χ3v) is 9.55. The average Bonchev–Trinajstić information content (AvgIpc) is 2.76. The first-order chi connectivity index (χ1) is 13.6. The minimum Gasteiger partial charge on any atom is -0.462 e. The number of esters is 1. The second-order valence-electron chi connectivity index (χ2n) is 10.6. The predicted octanol–water partition coefficient (Wildman–Crippen LogP) is 1.03. The third kappa shape index (κ3) is 2.13. The Bertz CT molecular complexity index is 753. The number of ether oxygens (including phenoxy) is 2. The van der Waals surface area contributed by atoms with E-state index in [9.17, 15) is 24.9 Å². The van der Waals surface area contributed by atoms with Gasteiger partial charge < -0.3 is 24.8 Å². The van der Waals surface area contributed by atoms with E-state index < -0.39 is 53.2 Å². The first-order valence-electron chi connectivity index (χ1n) is 11.0. The van der Waals surface area contributed by atoms with Crippen molar-refractivity contribution in [2.45, 2.75) is 77.5 Å². The topological polar surface area (TPSA) is 113 Å². The van der Waals surface area contributed by atoms with Crippen molar-refractivity contribution in [3.8, 4) is 0 Å². The third-order valence-electron chi connectivity index (χ3n) is 9.55. The number of carbonyl (C=O) groups is 2. The van der Waals surface area contributed by atoms with Crippen LogP contribution < -0.4 is 0 Å². The Kier molecular flexibility index (Phi) is 4.14. The van der Waals surface area contributed by atoms with Crippen molar-refractivity contribution in [3.63, 3.8) is 0 Å². The van der Waals surface area contributed by atoms with E-state index in [0.717, 1.165) is 12.8 Å². The number of rotatable bonds is 1. The smallest absolute Gasteiger partial charge is 0.302 e. The largest absolute Gasteiger partial charge is 0.462 e. The van der Waals surface area contributed by atoms with Gasteiger partial charge in [0.25, 0.3) is 0 Å². The maximum atomic E-state index is 13.6. The Labute approximate surface area is 170 Å². The SMILES string of the molecule is CC(=O)O[C@H]1C[C@@H]2[C@@H](O)[C@@]3(C(=O)[C@@H]2C)[C@H](O)C[C@@H]2[C@@]4(C)CCC[C@@]2([C@H](O)OC4)[C@H]13. The van der Waals surface area contributed by atoms with Gasteiger partial charge in [0.1, 0.15) is 11.9 Å². The van der Waals surface area contributed by atoms with Gasteiger partial charge in [-0.25, -0.2) is 0 Å². The van der Waals surface area contributed by atoms with Gasteiger partial charge in [0.05, 0.1) is 24.2 Å². The highest BCUT2D eigenvalue weighted by Gasteiger charge is 2.80. The lowest BCUT2D eigenvalue weighted by molar-refractivity contribution is -0.357. The van der Waals surface area contributed by atoms with Crippen molar-refractivity contribution in [2.24, 2.45) is 39.9 Å². The predicted molar refractivity (Wildman–Crippen MR) is 100 cm³/mol. The monoisotopic (exact) mass is 408 g/mol. The van der Waals surface area contributed by atoms with Crippen LogP contribution in [0, 0.1) is 39.9 Å². The first-order valence-corrected chi connectivity index (χ1v) is 11.0. The molecule has 0 aromatic carbocycles. The van der Waals surface area contributed by atoms with E-state index in [-0.39, 0.29) is 23.0 Å². The summed E-state index contributed by atoms with van der Waals surface area (Å²) in [4.78, 5) is 25.6. The van der Waals surface area contributed by atoms with Crippen LogP contribution in [0.2, 0.25) is 0 Å². The van der Waals surface area contributed by atoms with Crippen LogP contribution >= 0.6 is 0 Å². The second-order valence-corrected chi connectivity index (χ2v) is 10.6. The Morgan fingerprint density at radius 1 is 1.21 bits per heavy atom. The zero-order valence-corrected chi connectivity index (χ0v) is 17.3. The average molecular weight is 408 g/mol. The molecule has 0 aromatic heterocycles. The fraction of sp³-hybridized carbons (Fsp3) is 0.909. The molecule has 1 spiro atoms. The molecular formula is C22H32O7. The zero-order chi connectivity index (χ0) is 20.9. The van der Waals surface area contributed by atoms with Gasteiger partial charge in [-0.15, -0.1) is 0 Å². The molecule has 11 atom stereocenters. The number of ketones is 1. The van der Waals surface area contributed by atoms with E-state index in [1.807, 2.05) is 0 Å². The molecule has 1 aliphatic heterocycles. The number of aliphatic hydroxyl groups excluding tert-OH is 3. The van der Waals surface area contributed by atoms with Crippen LogP contribution in [0.1, 0.15) is 52.9 Å². The molecule has 0 unspecified atom stereocenters. The Hall–Kier alpha value is -1.02. The molecule has 1 heterocycles. The quantitative estimate of drug-likeness (QED) is 0.555. The van der Waals surface area contributed by atoms with Crippen LogP contribution in [0.5, 0.6) is 0 Å². The number of hydrogen-bond acceptors (Lipinski definition) is 7. The molecule has 0 aromatic rings. The lowest BCUT2D eigenvalue weighted by atomic mass is 9.37. The van der Waals surface area contributed by atoms with Crippen LogP contribution in [0.15, 0.2) is 0 Å². The summed E-state index contributed by atoms with van der Waals surface area (Å²) in [7, 11) is 0. The Morgan fingerprint density at radius 2 is 1.93 bits per heavy atom. The van der Waals surface area contributed by atoms with E-state index in [1.165, 1.54) is 6.92 Å². The molecule has 4 saturated carbocycles. The number of aliphatic hydroxyl groups is 3. The molecular weight excluding hydrogens is 376 g/mol. The summed E-state index contributed by atoms with van der Waals surface area (Å²) in [5.74, 6) is -2.11. The number of Topliss-reactive ketones (excluding diaryl/α,β-unsaturated/α-hetero) is 1. The van der Waals surface area contributed by atoms with Gasteiger partial charge in [-0.05, 0) is 42.9 Å². The summed E-state index contributed by atoms with van der Waals surface area (Å²) in [5, 5.41) is 34.0. The van der Waals surface area contributed by atoms with Crippen molar-refractivity contribution >= 4 is 11.8 Å². The summed E-state index contributed by atoms with van der Waals surface area (Å²) in [5.41, 5.74) is -2.47. The maximum Gasteiger partial charge on any atom is 0.302 e. The van der Waals surface area contributed by atoms with Gasteiger partial charge >= 0.3 is 5.97 Å². The molecule has 162 valence electrons. The highest BCUT2D eigenvalue weighted by molar-refractivity contribution is 5.92. The molecule has 5 rings (SSSR count). The first kappa shape index (κ1) is 19.9. The molecule has 4 bridgehead atoms. The van der Waals surface area contributed by atoms with Gasteiger partial charge in [0.15, 0.2) is 6.29 Å². The van der Waals surface area contributed by atoms with Crippen molar-refractivity contribution < 1.29 is 34.4 Å². The molecule has 3 N–H and O–H groups in total. The van der Waals surface area contributed by atoms with Gasteiger partial charge in [0, 0.05) is 24.2 Å². The van der Waals surface area contributed by atoms with E-state index in [0.29, 0.717) is 25.9 Å². The zero-order valence-electron chi connectivity index (χ0n) is 17.3. The van der Waals surface area contributed by atoms with Crippen LogP contribution in [-0.4, -0.2) is 58.3 Å². The Morgan fingerprint density at radius 3 is 2.62 bits per heavy atom. The van der Waals surface area contributed by atoms with Crippen LogP contribution in [0.3, 0.4) is 0 Å². The summed E-state index contributed by atoms with van der Waals surface area (Å²) in [6, 6.07) is 0. The number of fused-ring (bicyclic) bond motifs is 1. The molecule has 0 radical (unpaired) electrons. The van der Waals surface area contributed by atoms with Gasteiger partial charge in [0.2, 0.25) is 0 Å². The van der Waals surface area contributed by atoms with Crippen LogP contribution in [0.25, 0.3) is 0 Å². The van der Waals surface area contributed by atoms with E-state index in [2.05, 4.69) is 6.92 Å². The normalized spacial score (nSPS) is 58.3. The van der Waals surface area contributed by atoms with Gasteiger partial charge in [-0.1, -0.05) is 20.3 Å². The fourth-order valence-corrected chi connectivity index (χ4v) is 8.57. The summed E-state index contributed by atoms with van der Waals surface area (Å²) in [6.45, 7) is 5.68. The highest BCUT2D eigenvalue weighted by atomic mass is 16.6. The molecule has 5 fully saturated rings. The van der Waals surface area contributed by atoms with Crippen molar-refractivity contribution in [3.05, 3.63) is 0 Å². The summed E-state index contributed by atoms with van der Waals surface area (Å²) in [6.07, 6.45) is -0.640. The molecule has 29 heavy (non-hydrogen) atoms. The van der Waals surface area contributed by atoms with Gasteiger partial charge in [-0.2, -0.15) is 0 Å². The molecule has 1 saturated heterocycles. The minimum absolute atomic E-state index is 0.0661. The second kappa shape index (κ2) is 6.02. The molecule has 0 amide bonds. The lowest BCUT2D eigenvalue weighted by Gasteiger charge is -2.70. The van der Waals surface area contributed by atoms with E-state index in [4.69, 9.17) is 9.47 Å². The minimum atomic E-state index is -1.42. The number of carbonyl (C=O) groups excluding carboxylic acids is 2. The van der Waals surface area contributed by atoms with Crippen molar-refractivity contribution in [1.82, 2.24) is 0 Å². The summed E-state index contributed by atoms with van der Waals surface area (Å²) < 4.78 is 11.7. The van der Waals surface area contributed by atoms with E-state index in [1.54, 1.807) is 6.92 Å². The Balaban J connectivity index is 1.75. The molecule has 7 nitrogen and oxygen atoms in total. The van der Waals surface area contributed by atoms with Crippen molar-refractivity contribution in [1.29, 1.82) is 0 Å². The van der Waals surface area contributed by atoms with Crippen LogP contribution in [-0.2, 0) is 19.1 Å². The number of hydrogen-bond donors (Lipinski definition) is 3. The lowest BCUT2D eigenvalue weighted by Crippen LogP contribution is -2.75. The molecule has 7 heteroatoms. The maximum absolute atomic E-state index is 13.6. The van der Waals surface area contributed by atoms with Gasteiger partial charge in [-0.3, -0.25) is 9.59 Å². The summed E-state index contributed by atoms with van der Waals surface area (Å²) >= 11 is 0. The highest BCUT2D eigenvalue weighted by Crippen LogP contribution is 2.73. The van der Waals surface area contributed by atoms with Crippen molar-refractivity contribution in [2.75, 3.05) is 6.61 Å². The van der Waals surface area contributed by atoms with Crippen LogP contribution in [0.4, 0.5) is 0 Å².